The molecule has 2 fully saturated rings. The van der Waals surface area contributed by atoms with Crippen LogP contribution < -0.4 is 0 Å². The number of hydrogen-bond acceptors (Lipinski definition) is 5. The molecular formula is C11H8Cl4O5. The number of fused-ring (bicyclic) bond motifs is 5. The van der Waals surface area contributed by atoms with E-state index in [0.29, 0.717) is 0 Å². The first kappa shape index (κ1) is 14.9. The Morgan fingerprint density at radius 2 is 1.30 bits per heavy atom. The van der Waals surface area contributed by atoms with Crippen molar-refractivity contribution in [3.8, 4) is 0 Å². The number of hydrogen-bond donors (Lipinski definition) is 0. The van der Waals surface area contributed by atoms with Crippen LogP contribution in [0.2, 0.25) is 0 Å². The van der Waals surface area contributed by atoms with Gasteiger partial charge in [0.25, 0.3) is 0 Å². The average Bonchev–Trinajstić information content (AvgIpc) is 2.85. The number of carbonyl (C=O) groups excluding carboxylic acids is 2. The quantitative estimate of drug-likeness (QED) is 0.325. The topological polar surface area (TPSA) is 61.8 Å². The van der Waals surface area contributed by atoms with Crippen LogP contribution in [0.1, 0.15) is 0 Å². The molecule has 9 heteroatoms. The number of esters is 2. The zero-order valence-electron chi connectivity index (χ0n) is 10.2. The Hall–Kier alpha value is -0.0400. The summed E-state index contributed by atoms with van der Waals surface area (Å²) in [7, 11) is 2.57. The van der Waals surface area contributed by atoms with E-state index in [-0.39, 0.29) is 10.1 Å². The second-order valence-corrected chi connectivity index (χ2v) is 6.72. The van der Waals surface area contributed by atoms with Crippen molar-refractivity contribution in [3.05, 3.63) is 10.1 Å². The monoisotopic (exact) mass is 360 g/mol. The van der Waals surface area contributed by atoms with Crippen LogP contribution in [0, 0.1) is 11.8 Å². The smallest absolute Gasteiger partial charge is 0.319 e. The van der Waals surface area contributed by atoms with Gasteiger partial charge in [0.1, 0.15) is 11.8 Å². The Morgan fingerprint density at radius 1 is 0.950 bits per heavy atom. The fourth-order valence-electron chi connectivity index (χ4n) is 3.52. The summed E-state index contributed by atoms with van der Waals surface area (Å²) < 4.78 is 15.3. The molecular weight excluding hydrogens is 354 g/mol. The van der Waals surface area contributed by atoms with E-state index in [1.807, 2.05) is 0 Å². The van der Waals surface area contributed by atoms with Crippen LogP contribution in [0.4, 0.5) is 0 Å². The lowest BCUT2D eigenvalue weighted by Gasteiger charge is -2.41. The van der Waals surface area contributed by atoms with Gasteiger partial charge in [-0.25, -0.2) is 0 Å². The van der Waals surface area contributed by atoms with E-state index < -0.39 is 39.3 Å². The maximum atomic E-state index is 12.0. The molecule has 1 heterocycles. The molecule has 1 aliphatic heterocycles. The summed E-state index contributed by atoms with van der Waals surface area (Å²) in [4.78, 5) is 20.5. The van der Waals surface area contributed by atoms with Gasteiger partial charge in [0, 0.05) is 14.2 Å². The van der Waals surface area contributed by atoms with Gasteiger partial charge in [-0.3, -0.25) is 9.59 Å². The largest absolute Gasteiger partial charge is 0.393 e. The summed E-state index contributed by atoms with van der Waals surface area (Å²) in [5.41, 5.74) is 0. The highest BCUT2D eigenvalue weighted by Gasteiger charge is 2.89. The van der Waals surface area contributed by atoms with Gasteiger partial charge in [-0.1, -0.05) is 23.2 Å². The van der Waals surface area contributed by atoms with Crippen LogP contribution in [0.5, 0.6) is 0 Å². The highest BCUT2D eigenvalue weighted by Crippen LogP contribution is 2.75. The number of ether oxygens (including phenoxy) is 3. The van der Waals surface area contributed by atoms with Gasteiger partial charge < -0.3 is 14.2 Å². The molecule has 2 aliphatic carbocycles. The Kier molecular flexibility index (Phi) is 3.00. The summed E-state index contributed by atoms with van der Waals surface area (Å²) in [6.07, 6.45) is 0. The summed E-state index contributed by atoms with van der Waals surface area (Å²) >= 11 is 25.4. The molecule has 5 nitrogen and oxygen atoms in total. The van der Waals surface area contributed by atoms with Crippen molar-refractivity contribution in [3.63, 3.8) is 0 Å². The van der Waals surface area contributed by atoms with Crippen LogP contribution in [-0.2, 0) is 23.8 Å². The van der Waals surface area contributed by atoms with Crippen molar-refractivity contribution < 1.29 is 23.8 Å². The van der Waals surface area contributed by atoms with E-state index in [1.165, 1.54) is 14.2 Å². The van der Waals surface area contributed by atoms with Crippen LogP contribution >= 0.6 is 46.4 Å². The summed E-state index contributed by atoms with van der Waals surface area (Å²) in [5, 5.41) is -0.153. The standard InChI is InChI=1S/C11H8Cl4O5/c1-18-11(19-2)9(14)3-4(8(17)20-7(3)16)10(11,15)6(13)5(9)12/h3-4H,1-2H3/t3-,4-,9-,10+/m1/s1. The highest BCUT2D eigenvalue weighted by molar-refractivity contribution is 6.53. The van der Waals surface area contributed by atoms with Crippen LogP contribution in [-0.4, -0.2) is 41.7 Å². The number of carbonyl (C=O) groups is 2. The van der Waals surface area contributed by atoms with Gasteiger partial charge in [0.15, 0.2) is 9.75 Å². The van der Waals surface area contributed by atoms with E-state index in [4.69, 9.17) is 55.9 Å². The van der Waals surface area contributed by atoms with Gasteiger partial charge in [-0.15, -0.1) is 23.2 Å². The number of rotatable bonds is 2. The minimum Gasteiger partial charge on any atom is -0.393 e. The number of halogens is 4. The van der Waals surface area contributed by atoms with Gasteiger partial charge >= 0.3 is 11.9 Å². The zero-order valence-corrected chi connectivity index (χ0v) is 13.2. The Balaban J connectivity index is 2.37. The summed E-state index contributed by atoms with van der Waals surface area (Å²) in [5.74, 6) is -5.63. The van der Waals surface area contributed by atoms with Gasteiger partial charge in [-0.2, -0.15) is 0 Å². The van der Waals surface area contributed by atoms with E-state index in [1.54, 1.807) is 0 Å². The van der Waals surface area contributed by atoms with E-state index in [0.717, 1.165) is 0 Å². The molecule has 0 aromatic rings. The van der Waals surface area contributed by atoms with Crippen molar-refractivity contribution in [1.29, 1.82) is 0 Å². The van der Waals surface area contributed by atoms with E-state index >= 15 is 0 Å². The third-order valence-corrected chi connectivity index (χ3v) is 6.87. The first-order valence-corrected chi connectivity index (χ1v) is 7.05. The first-order valence-electron chi connectivity index (χ1n) is 5.54. The highest BCUT2D eigenvalue weighted by atomic mass is 35.5. The molecule has 0 aromatic carbocycles. The SMILES string of the molecule is COC1(OC)[C@@]2(Cl)C(Cl)=C(Cl)[C@]1(Cl)[C@H]1C(=O)OC(=O)[C@@H]12. The lowest BCUT2D eigenvalue weighted by atomic mass is 9.84. The molecule has 0 N–H and O–H groups in total. The molecule has 20 heavy (non-hydrogen) atoms. The van der Waals surface area contributed by atoms with Gasteiger partial charge in [0.2, 0.25) is 5.79 Å². The zero-order chi connectivity index (χ0) is 15.1. The predicted octanol–water partition coefficient (Wildman–Crippen LogP) is 1.96. The molecule has 2 bridgehead atoms. The molecule has 0 aromatic heterocycles. The van der Waals surface area contributed by atoms with Crippen molar-refractivity contribution in [2.24, 2.45) is 11.8 Å². The van der Waals surface area contributed by atoms with Crippen molar-refractivity contribution in [2.45, 2.75) is 15.5 Å². The second-order valence-electron chi connectivity index (χ2n) is 4.77. The molecule has 110 valence electrons. The molecule has 0 radical (unpaired) electrons. The van der Waals surface area contributed by atoms with Crippen LogP contribution in [0.15, 0.2) is 10.1 Å². The molecule has 1 saturated carbocycles. The molecule has 0 unspecified atom stereocenters. The van der Waals surface area contributed by atoms with Crippen LogP contribution in [0.3, 0.4) is 0 Å². The third-order valence-electron chi connectivity index (χ3n) is 4.26. The Bertz CT molecular complexity index is 527. The maximum absolute atomic E-state index is 12.0. The summed E-state index contributed by atoms with van der Waals surface area (Å²) in [6, 6.07) is 0. The lowest BCUT2D eigenvalue weighted by molar-refractivity contribution is -0.223. The Labute approximate surface area is 134 Å². The first-order chi connectivity index (χ1) is 9.24. The number of methoxy groups -OCH3 is 2. The van der Waals surface area contributed by atoms with E-state index in [9.17, 15) is 9.59 Å². The van der Waals surface area contributed by atoms with Crippen molar-refractivity contribution in [1.82, 2.24) is 0 Å². The Morgan fingerprint density at radius 3 is 1.60 bits per heavy atom. The molecule has 0 spiro atoms. The van der Waals surface area contributed by atoms with Crippen molar-refractivity contribution in [2.75, 3.05) is 14.2 Å². The second kappa shape index (κ2) is 4.03. The maximum Gasteiger partial charge on any atom is 0.319 e. The van der Waals surface area contributed by atoms with Crippen LogP contribution in [0.25, 0.3) is 0 Å². The molecule has 0 amide bonds. The minimum atomic E-state index is -1.75. The predicted molar refractivity (Wildman–Crippen MR) is 70.7 cm³/mol. The van der Waals surface area contributed by atoms with E-state index in [2.05, 4.69) is 4.74 Å². The van der Waals surface area contributed by atoms with Gasteiger partial charge in [0.05, 0.1) is 10.1 Å². The normalized spacial score (nSPS) is 45.1. The number of cyclic esters (lactones) is 2. The molecule has 3 rings (SSSR count). The summed E-state index contributed by atoms with van der Waals surface area (Å²) in [6.45, 7) is 0. The molecule has 1 saturated heterocycles. The third kappa shape index (κ3) is 1.12. The van der Waals surface area contributed by atoms with Crippen molar-refractivity contribution >= 4 is 58.3 Å². The van der Waals surface area contributed by atoms with Gasteiger partial charge in [-0.05, 0) is 0 Å². The number of alkyl halides is 2. The average molecular weight is 362 g/mol. The lowest BCUT2D eigenvalue weighted by Crippen LogP contribution is -2.58. The fraction of sp³-hybridized carbons (Fsp3) is 0.636. The molecule has 4 atom stereocenters. The molecule has 3 aliphatic rings. The minimum absolute atomic E-state index is 0.0765. The fourth-order valence-corrected chi connectivity index (χ4v) is 5.67.